The number of benzene rings is 2. The van der Waals surface area contributed by atoms with Crippen molar-refractivity contribution in [2.24, 2.45) is 5.41 Å². The van der Waals surface area contributed by atoms with Crippen molar-refractivity contribution in [1.29, 1.82) is 0 Å². The van der Waals surface area contributed by atoms with E-state index in [-0.39, 0.29) is 18.2 Å². The summed E-state index contributed by atoms with van der Waals surface area (Å²) in [5.41, 5.74) is 2.19. The molecule has 6 rings (SSSR count). The molecule has 4 atom stereocenters. The van der Waals surface area contributed by atoms with Crippen molar-refractivity contribution >= 4 is 27.1 Å². The van der Waals surface area contributed by atoms with Crippen LogP contribution < -0.4 is 0 Å². The van der Waals surface area contributed by atoms with Gasteiger partial charge in [0.2, 0.25) is 10.0 Å². The minimum absolute atomic E-state index is 0.0130. The van der Waals surface area contributed by atoms with Gasteiger partial charge < -0.3 is 10.2 Å². The van der Waals surface area contributed by atoms with Crippen molar-refractivity contribution in [2.45, 2.75) is 82.8 Å². The Kier molecular flexibility index (Phi) is 9.97. The highest BCUT2D eigenvalue weighted by atomic mass is 32.2. The van der Waals surface area contributed by atoms with Crippen molar-refractivity contribution in [3.05, 3.63) is 105 Å². The number of thiophene rings is 1. The summed E-state index contributed by atoms with van der Waals surface area (Å²) in [6.45, 7) is 4.49. The normalized spacial score (nSPS) is 26.3. The zero-order valence-corrected chi connectivity index (χ0v) is 27.7. The molecule has 1 heterocycles. The van der Waals surface area contributed by atoms with E-state index in [0.29, 0.717) is 62.6 Å². The standard InChI is InChI=1S/C36H45NO5S2/c1-26-9-7-19-35(2)33(17-20-36(35,40)25-37(44(3,41)42)21-18-30-12-8-22-43-30)31-16-14-27(23-29(38)15-13-26)24-32(31)34(39)28-10-5-4-6-11-28/h4-6,8-12,14,16,22,24,29,33,38,40H,7,13,15,17-21,23,25H2,1-3H3. The molecule has 3 aliphatic carbocycles. The van der Waals surface area contributed by atoms with E-state index >= 15 is 0 Å². The molecule has 2 N–H and O–H groups in total. The molecule has 2 bridgehead atoms. The highest BCUT2D eigenvalue weighted by Crippen LogP contribution is 2.59. The molecular weight excluding hydrogens is 591 g/mol. The first-order valence-corrected chi connectivity index (χ1v) is 18.4. The molecule has 1 fully saturated rings. The maximum absolute atomic E-state index is 14.1. The smallest absolute Gasteiger partial charge is 0.211 e. The van der Waals surface area contributed by atoms with Crippen LogP contribution >= 0.6 is 11.3 Å². The molecule has 3 aliphatic rings. The number of aliphatic hydroxyl groups is 2. The van der Waals surface area contributed by atoms with Gasteiger partial charge in [0.05, 0.1) is 18.0 Å². The van der Waals surface area contributed by atoms with Gasteiger partial charge in [-0.3, -0.25) is 4.79 Å². The van der Waals surface area contributed by atoms with Gasteiger partial charge in [-0.15, -0.1) is 11.3 Å². The summed E-state index contributed by atoms with van der Waals surface area (Å²) in [6.07, 6.45) is 7.77. The lowest BCUT2D eigenvalue weighted by Gasteiger charge is -2.45. The first-order valence-electron chi connectivity index (χ1n) is 15.7. The van der Waals surface area contributed by atoms with Gasteiger partial charge in [-0.25, -0.2) is 8.42 Å². The summed E-state index contributed by atoms with van der Waals surface area (Å²) < 4.78 is 27.6. The molecule has 2 aromatic carbocycles. The van der Waals surface area contributed by atoms with Crippen LogP contribution in [-0.2, 0) is 22.9 Å². The van der Waals surface area contributed by atoms with Gasteiger partial charge in [0.1, 0.15) is 0 Å². The number of ketones is 1. The molecule has 0 radical (unpaired) electrons. The van der Waals surface area contributed by atoms with Gasteiger partial charge in [-0.05, 0) is 92.8 Å². The number of carbonyl (C=O) groups excluding carboxylic acids is 1. The number of nitrogens with zero attached hydrogens (tertiary/aromatic N) is 1. The Morgan fingerprint density at radius 2 is 1.84 bits per heavy atom. The van der Waals surface area contributed by atoms with Crippen molar-refractivity contribution in [1.82, 2.24) is 4.31 Å². The van der Waals surface area contributed by atoms with E-state index in [9.17, 15) is 23.4 Å². The van der Waals surface area contributed by atoms with Crippen LogP contribution in [0.2, 0.25) is 0 Å². The maximum Gasteiger partial charge on any atom is 0.211 e. The number of hydrogen-bond acceptors (Lipinski definition) is 6. The third kappa shape index (κ3) is 7.10. The lowest BCUT2D eigenvalue weighted by molar-refractivity contribution is -0.0722. The summed E-state index contributed by atoms with van der Waals surface area (Å²) in [4.78, 5) is 15.2. The molecule has 0 aliphatic heterocycles. The second-order valence-corrected chi connectivity index (χ2v) is 16.1. The maximum atomic E-state index is 14.1. The van der Waals surface area contributed by atoms with Crippen molar-refractivity contribution in [3.8, 4) is 0 Å². The highest BCUT2D eigenvalue weighted by molar-refractivity contribution is 7.88. The second kappa shape index (κ2) is 13.4. The molecule has 6 nitrogen and oxygen atoms in total. The summed E-state index contributed by atoms with van der Waals surface area (Å²) in [6, 6.07) is 19.2. The molecule has 44 heavy (non-hydrogen) atoms. The number of hydrogen-bond donors (Lipinski definition) is 2. The monoisotopic (exact) mass is 635 g/mol. The van der Waals surface area contributed by atoms with Gasteiger partial charge in [0.25, 0.3) is 0 Å². The van der Waals surface area contributed by atoms with E-state index in [1.165, 1.54) is 16.1 Å². The number of aliphatic hydroxyl groups excluding tert-OH is 1. The molecule has 236 valence electrons. The van der Waals surface area contributed by atoms with Crippen LogP contribution in [0.15, 0.2) is 77.7 Å². The Labute approximate surface area is 266 Å². The van der Waals surface area contributed by atoms with Crippen LogP contribution in [-0.4, -0.2) is 59.8 Å². The summed E-state index contributed by atoms with van der Waals surface area (Å²) in [5.74, 6) is -0.240. The van der Waals surface area contributed by atoms with Crippen LogP contribution in [0, 0.1) is 5.41 Å². The molecule has 1 saturated carbocycles. The van der Waals surface area contributed by atoms with Crippen LogP contribution in [0.3, 0.4) is 0 Å². The van der Waals surface area contributed by atoms with Crippen LogP contribution in [0.25, 0.3) is 0 Å². The number of rotatable bonds is 8. The first kappa shape index (κ1) is 32.8. The molecule has 0 amide bonds. The van der Waals surface area contributed by atoms with Gasteiger partial charge >= 0.3 is 0 Å². The van der Waals surface area contributed by atoms with E-state index in [1.807, 2.05) is 66.0 Å². The average molecular weight is 636 g/mol. The summed E-state index contributed by atoms with van der Waals surface area (Å²) >= 11 is 1.60. The zero-order valence-electron chi connectivity index (χ0n) is 26.0. The minimum atomic E-state index is -3.59. The number of allylic oxidation sites excluding steroid dienone is 2. The van der Waals surface area contributed by atoms with Crippen molar-refractivity contribution < 1.29 is 23.4 Å². The van der Waals surface area contributed by atoms with E-state index < -0.39 is 27.1 Å². The SMILES string of the molecule is CC1=CCCC2(C)C(CCC2(O)CN(CCc2cccs2)S(C)(=O)=O)c2ccc(cc2C(=O)c2ccccc2)CC(O)CC1. The van der Waals surface area contributed by atoms with Crippen LogP contribution in [0.5, 0.6) is 0 Å². The fraction of sp³-hybridized carbons (Fsp3) is 0.472. The Morgan fingerprint density at radius 3 is 2.55 bits per heavy atom. The molecule has 8 heteroatoms. The quantitative estimate of drug-likeness (QED) is 0.217. The van der Waals surface area contributed by atoms with Crippen LogP contribution in [0.4, 0.5) is 0 Å². The minimum Gasteiger partial charge on any atom is -0.393 e. The number of sulfonamides is 1. The average Bonchev–Trinajstić information content (AvgIpc) is 3.60. The van der Waals surface area contributed by atoms with E-state index in [2.05, 4.69) is 19.9 Å². The lowest BCUT2D eigenvalue weighted by atomic mass is 9.64. The summed E-state index contributed by atoms with van der Waals surface area (Å²) in [7, 11) is -3.59. The largest absolute Gasteiger partial charge is 0.393 e. The van der Waals surface area contributed by atoms with Crippen molar-refractivity contribution in [2.75, 3.05) is 19.3 Å². The Hall–Kier alpha value is -2.62. The predicted molar refractivity (Wildman–Crippen MR) is 178 cm³/mol. The van der Waals surface area contributed by atoms with E-state index in [1.54, 1.807) is 11.3 Å². The Balaban J connectivity index is 1.58. The molecule has 0 saturated heterocycles. The van der Waals surface area contributed by atoms with Gasteiger partial charge in [-0.2, -0.15) is 4.31 Å². The fourth-order valence-electron chi connectivity index (χ4n) is 7.29. The van der Waals surface area contributed by atoms with Crippen LogP contribution in [0.1, 0.15) is 90.2 Å². The zero-order chi connectivity index (χ0) is 31.5. The predicted octanol–water partition coefficient (Wildman–Crippen LogP) is 6.52. The third-order valence-corrected chi connectivity index (χ3v) is 12.2. The Bertz CT molecular complexity index is 1580. The molecule has 1 aromatic heterocycles. The van der Waals surface area contributed by atoms with Crippen molar-refractivity contribution in [3.63, 3.8) is 0 Å². The fourth-order valence-corrected chi connectivity index (χ4v) is 8.85. The highest BCUT2D eigenvalue weighted by Gasteiger charge is 2.57. The Morgan fingerprint density at radius 1 is 1.07 bits per heavy atom. The third-order valence-electron chi connectivity index (χ3n) is 10.0. The van der Waals surface area contributed by atoms with E-state index in [0.717, 1.165) is 22.4 Å². The number of carbonyl (C=O) groups is 1. The molecular formula is C36H45NO5S2. The first-order chi connectivity index (χ1) is 20.9. The summed E-state index contributed by atoms with van der Waals surface area (Å²) in [5, 5.41) is 25.4. The second-order valence-electron chi connectivity index (χ2n) is 13.1. The van der Waals surface area contributed by atoms with Gasteiger partial charge in [0, 0.05) is 34.5 Å². The molecule has 4 unspecified atom stereocenters. The van der Waals surface area contributed by atoms with Gasteiger partial charge in [-0.1, -0.05) is 67.1 Å². The topological polar surface area (TPSA) is 94.9 Å². The number of fused-ring (bicyclic) bond motifs is 8. The van der Waals surface area contributed by atoms with E-state index in [4.69, 9.17) is 0 Å². The van der Waals surface area contributed by atoms with Gasteiger partial charge in [0.15, 0.2) is 5.78 Å². The molecule has 0 spiro atoms. The lowest BCUT2D eigenvalue weighted by Crippen LogP contribution is -2.54. The molecule has 3 aromatic rings.